The van der Waals surface area contributed by atoms with Crippen LogP contribution >= 0.6 is 43.2 Å². The van der Waals surface area contributed by atoms with Gasteiger partial charge in [-0.3, -0.25) is 0 Å². The Bertz CT molecular complexity index is 542. The van der Waals surface area contributed by atoms with Gasteiger partial charge in [-0.15, -0.1) is 11.3 Å². The Morgan fingerprint density at radius 2 is 2.06 bits per heavy atom. The summed E-state index contributed by atoms with van der Waals surface area (Å²) in [6, 6.07) is 7.41. The van der Waals surface area contributed by atoms with Crippen molar-refractivity contribution < 1.29 is 4.39 Å². The molecule has 0 fully saturated rings. The minimum atomic E-state index is -0.166. The summed E-state index contributed by atoms with van der Waals surface area (Å²) >= 11 is 8.38. The van der Waals surface area contributed by atoms with Crippen molar-refractivity contribution in [2.45, 2.75) is 12.5 Å². The van der Waals surface area contributed by atoms with Crippen molar-refractivity contribution in [2.75, 3.05) is 7.05 Å². The first-order chi connectivity index (χ1) is 8.60. The summed E-state index contributed by atoms with van der Waals surface area (Å²) in [5.41, 5.74) is 0.724. The molecule has 18 heavy (non-hydrogen) atoms. The van der Waals surface area contributed by atoms with Gasteiger partial charge in [-0.05, 0) is 53.2 Å². The molecule has 2 aromatic rings. The molecule has 1 unspecified atom stereocenters. The number of thiophene rings is 1. The molecular weight excluding hydrogens is 381 g/mol. The number of hydrogen-bond donors (Lipinski definition) is 1. The number of nitrogens with one attached hydrogen (secondary N) is 1. The van der Waals surface area contributed by atoms with Crippen molar-refractivity contribution in [3.8, 4) is 0 Å². The largest absolute Gasteiger partial charge is 0.312 e. The van der Waals surface area contributed by atoms with Gasteiger partial charge in [0.1, 0.15) is 5.82 Å². The van der Waals surface area contributed by atoms with Crippen LogP contribution in [0.15, 0.2) is 38.6 Å². The van der Waals surface area contributed by atoms with Crippen LogP contribution in [-0.4, -0.2) is 7.05 Å². The Kier molecular flexibility index (Phi) is 4.95. The number of rotatable bonds is 4. The van der Waals surface area contributed by atoms with E-state index in [4.69, 9.17) is 0 Å². The topological polar surface area (TPSA) is 12.0 Å². The Morgan fingerprint density at radius 1 is 1.28 bits per heavy atom. The fourth-order valence-corrected chi connectivity index (χ4v) is 3.65. The lowest BCUT2D eigenvalue weighted by atomic mass is 10.0. The van der Waals surface area contributed by atoms with Crippen molar-refractivity contribution in [3.63, 3.8) is 0 Å². The molecule has 1 heterocycles. The van der Waals surface area contributed by atoms with Crippen LogP contribution in [0.2, 0.25) is 0 Å². The third-order valence-electron chi connectivity index (χ3n) is 2.72. The lowest BCUT2D eigenvalue weighted by Crippen LogP contribution is -2.18. The molecule has 0 bridgehead atoms. The summed E-state index contributed by atoms with van der Waals surface area (Å²) < 4.78 is 15.6. The van der Waals surface area contributed by atoms with E-state index in [2.05, 4.69) is 43.2 Å². The molecule has 1 aromatic heterocycles. The normalized spacial score (nSPS) is 12.7. The molecule has 0 aliphatic rings. The highest BCUT2D eigenvalue weighted by Crippen LogP contribution is 2.28. The van der Waals surface area contributed by atoms with Crippen molar-refractivity contribution in [1.82, 2.24) is 5.32 Å². The Morgan fingerprint density at radius 3 is 2.61 bits per heavy atom. The molecule has 1 N–H and O–H groups in total. The highest BCUT2D eigenvalue weighted by molar-refractivity contribution is 9.10. The van der Waals surface area contributed by atoms with Crippen LogP contribution in [-0.2, 0) is 6.42 Å². The summed E-state index contributed by atoms with van der Waals surface area (Å²) in [5, 5.41) is 5.27. The Balaban J connectivity index is 2.20. The zero-order chi connectivity index (χ0) is 13.1. The van der Waals surface area contributed by atoms with Gasteiger partial charge in [-0.25, -0.2) is 4.39 Å². The second-order valence-electron chi connectivity index (χ2n) is 3.95. The molecule has 0 amide bonds. The molecule has 0 spiro atoms. The highest BCUT2D eigenvalue weighted by atomic mass is 79.9. The van der Waals surface area contributed by atoms with Gasteiger partial charge in [-0.1, -0.05) is 22.0 Å². The van der Waals surface area contributed by atoms with Gasteiger partial charge in [0, 0.05) is 25.2 Å². The van der Waals surface area contributed by atoms with Crippen LogP contribution in [0.4, 0.5) is 4.39 Å². The van der Waals surface area contributed by atoms with E-state index in [0.717, 1.165) is 14.5 Å². The van der Waals surface area contributed by atoms with E-state index in [0.29, 0.717) is 6.42 Å². The lowest BCUT2D eigenvalue weighted by Gasteiger charge is -2.15. The summed E-state index contributed by atoms with van der Waals surface area (Å²) in [4.78, 5) is 1.20. The standard InChI is InChI=1S/C13H12Br2FNS/c1-17-12(13-6-10(15)7-18-13)4-8-2-3-9(14)5-11(8)16/h2-3,5-7,12,17H,4H2,1H3. The van der Waals surface area contributed by atoms with Crippen LogP contribution in [0.25, 0.3) is 0 Å². The molecule has 1 atom stereocenters. The van der Waals surface area contributed by atoms with E-state index in [1.165, 1.54) is 10.9 Å². The molecule has 5 heteroatoms. The van der Waals surface area contributed by atoms with Crippen LogP contribution in [0.1, 0.15) is 16.5 Å². The molecule has 0 aliphatic heterocycles. The zero-order valence-corrected chi connectivity index (χ0v) is 13.7. The van der Waals surface area contributed by atoms with E-state index in [1.54, 1.807) is 11.3 Å². The monoisotopic (exact) mass is 391 g/mol. The van der Waals surface area contributed by atoms with Crippen LogP contribution in [0.5, 0.6) is 0 Å². The average Bonchev–Trinajstić information content (AvgIpc) is 2.75. The van der Waals surface area contributed by atoms with E-state index >= 15 is 0 Å². The first kappa shape index (κ1) is 14.2. The molecule has 2 rings (SSSR count). The van der Waals surface area contributed by atoms with Crippen molar-refractivity contribution >= 4 is 43.2 Å². The van der Waals surface area contributed by atoms with E-state index in [-0.39, 0.29) is 11.9 Å². The third kappa shape index (κ3) is 3.41. The van der Waals surface area contributed by atoms with Gasteiger partial charge in [-0.2, -0.15) is 0 Å². The Hall–Kier alpha value is -0.230. The Labute approximate surface area is 127 Å². The third-order valence-corrected chi connectivity index (χ3v) is 5.02. The van der Waals surface area contributed by atoms with E-state index in [1.807, 2.05) is 24.6 Å². The van der Waals surface area contributed by atoms with Crippen molar-refractivity contribution in [1.29, 1.82) is 0 Å². The van der Waals surface area contributed by atoms with Gasteiger partial charge in [0.05, 0.1) is 0 Å². The predicted octanol–water partition coefficient (Wildman–Crippen LogP) is 4.92. The molecule has 0 saturated heterocycles. The molecular formula is C13H12Br2FNS. The number of benzene rings is 1. The second kappa shape index (κ2) is 6.28. The van der Waals surface area contributed by atoms with E-state index in [9.17, 15) is 4.39 Å². The van der Waals surface area contributed by atoms with E-state index < -0.39 is 0 Å². The maximum absolute atomic E-state index is 13.8. The first-order valence-corrected chi connectivity index (χ1v) is 7.92. The number of halogens is 3. The predicted molar refractivity (Wildman–Crippen MR) is 81.6 cm³/mol. The van der Waals surface area contributed by atoms with Crippen LogP contribution in [0, 0.1) is 5.82 Å². The zero-order valence-electron chi connectivity index (χ0n) is 9.71. The van der Waals surface area contributed by atoms with Gasteiger partial charge in [0.25, 0.3) is 0 Å². The summed E-state index contributed by atoms with van der Waals surface area (Å²) in [5.74, 6) is -0.166. The highest BCUT2D eigenvalue weighted by Gasteiger charge is 2.14. The van der Waals surface area contributed by atoms with Gasteiger partial charge >= 0.3 is 0 Å². The minimum absolute atomic E-state index is 0.136. The molecule has 0 radical (unpaired) electrons. The maximum atomic E-state index is 13.8. The quantitative estimate of drug-likeness (QED) is 0.778. The summed E-state index contributed by atoms with van der Waals surface area (Å²) in [6.45, 7) is 0. The number of likely N-dealkylation sites (N-methyl/N-ethyl adjacent to an activating group) is 1. The second-order valence-corrected chi connectivity index (χ2v) is 6.72. The summed E-state index contributed by atoms with van der Waals surface area (Å²) in [6.07, 6.45) is 0.641. The van der Waals surface area contributed by atoms with Crippen LogP contribution in [0.3, 0.4) is 0 Å². The van der Waals surface area contributed by atoms with Crippen molar-refractivity contribution in [3.05, 3.63) is 54.8 Å². The SMILES string of the molecule is CNC(Cc1ccc(Br)cc1F)c1cc(Br)cs1. The summed E-state index contributed by atoms with van der Waals surface area (Å²) in [7, 11) is 1.90. The van der Waals surface area contributed by atoms with Crippen molar-refractivity contribution in [2.24, 2.45) is 0 Å². The minimum Gasteiger partial charge on any atom is -0.312 e. The molecule has 1 nitrogen and oxygen atoms in total. The first-order valence-electron chi connectivity index (χ1n) is 5.45. The van der Waals surface area contributed by atoms with Gasteiger partial charge in [0.2, 0.25) is 0 Å². The number of hydrogen-bond acceptors (Lipinski definition) is 2. The average molecular weight is 393 g/mol. The maximum Gasteiger partial charge on any atom is 0.127 e. The lowest BCUT2D eigenvalue weighted by molar-refractivity contribution is 0.559. The molecule has 1 aromatic carbocycles. The fraction of sp³-hybridized carbons (Fsp3) is 0.231. The van der Waals surface area contributed by atoms with Gasteiger partial charge < -0.3 is 5.32 Å². The molecule has 0 aliphatic carbocycles. The molecule has 96 valence electrons. The fourth-order valence-electron chi connectivity index (χ4n) is 1.76. The van der Waals surface area contributed by atoms with Crippen LogP contribution < -0.4 is 5.32 Å². The smallest absolute Gasteiger partial charge is 0.127 e. The molecule has 0 saturated carbocycles. The van der Waals surface area contributed by atoms with Gasteiger partial charge in [0.15, 0.2) is 0 Å².